The van der Waals surface area contributed by atoms with Crippen LogP contribution in [0.15, 0.2) is 42.7 Å². The number of carbonyl (C=O) groups is 1. The first-order chi connectivity index (χ1) is 9.59. The average Bonchev–Trinajstić information content (AvgIpc) is 2.98. The second-order valence-electron chi connectivity index (χ2n) is 4.96. The van der Waals surface area contributed by atoms with Crippen molar-refractivity contribution in [3.63, 3.8) is 0 Å². The summed E-state index contributed by atoms with van der Waals surface area (Å²) in [6.45, 7) is 2.32. The molecule has 0 spiro atoms. The van der Waals surface area contributed by atoms with Crippen LogP contribution in [0.2, 0.25) is 0 Å². The molecule has 5 heteroatoms. The number of nitrogens with one attached hydrogen (secondary N) is 1. The Kier molecular flexibility index (Phi) is 4.53. The zero-order chi connectivity index (χ0) is 14.5. The maximum absolute atomic E-state index is 12.4. The molecule has 2 rings (SSSR count). The van der Waals surface area contributed by atoms with Crippen molar-refractivity contribution >= 4 is 5.91 Å². The molecule has 1 heterocycles. The summed E-state index contributed by atoms with van der Waals surface area (Å²) in [5.41, 5.74) is 7.15. The normalized spacial score (nSPS) is 13.8. The van der Waals surface area contributed by atoms with Gasteiger partial charge in [0.1, 0.15) is 5.82 Å². The molecule has 20 heavy (non-hydrogen) atoms. The molecule has 0 saturated heterocycles. The van der Waals surface area contributed by atoms with Crippen LogP contribution in [0.5, 0.6) is 0 Å². The summed E-state index contributed by atoms with van der Waals surface area (Å²) in [4.78, 5) is 21.1. The number of rotatable bonds is 5. The van der Waals surface area contributed by atoms with E-state index in [1.807, 2.05) is 37.3 Å². The molecule has 0 aliphatic heterocycles. The fraction of sp³-hybridized carbons (Fsp3) is 0.333. The number of aromatic amines is 1. The third-order valence-electron chi connectivity index (χ3n) is 3.43. The Hall–Kier alpha value is -2.14. The van der Waals surface area contributed by atoms with Gasteiger partial charge in [0, 0.05) is 25.5 Å². The van der Waals surface area contributed by atoms with Crippen molar-refractivity contribution in [2.24, 2.45) is 11.7 Å². The van der Waals surface area contributed by atoms with E-state index in [0.717, 1.165) is 11.4 Å². The molecule has 0 bridgehead atoms. The van der Waals surface area contributed by atoms with Crippen molar-refractivity contribution in [2.45, 2.75) is 19.5 Å². The first kappa shape index (κ1) is 14.3. The molecular weight excluding hydrogens is 252 g/mol. The molecule has 106 valence electrons. The van der Waals surface area contributed by atoms with Gasteiger partial charge < -0.3 is 15.6 Å². The molecule has 5 nitrogen and oxygen atoms in total. The van der Waals surface area contributed by atoms with Crippen LogP contribution >= 0.6 is 0 Å². The molecule has 0 fully saturated rings. The lowest BCUT2D eigenvalue weighted by Crippen LogP contribution is -2.36. The molecule has 0 aliphatic rings. The van der Waals surface area contributed by atoms with Crippen molar-refractivity contribution < 1.29 is 4.79 Å². The Morgan fingerprint density at radius 3 is 2.70 bits per heavy atom. The zero-order valence-electron chi connectivity index (χ0n) is 11.8. The minimum atomic E-state index is -0.303. The van der Waals surface area contributed by atoms with E-state index in [9.17, 15) is 4.79 Å². The molecule has 2 atom stereocenters. The topological polar surface area (TPSA) is 75.0 Å². The van der Waals surface area contributed by atoms with Gasteiger partial charge in [0.05, 0.1) is 12.5 Å². The summed E-state index contributed by atoms with van der Waals surface area (Å²) in [6, 6.07) is 9.38. The number of hydrogen-bond donors (Lipinski definition) is 2. The molecule has 2 unspecified atom stereocenters. The minimum Gasteiger partial charge on any atom is -0.347 e. The van der Waals surface area contributed by atoms with Crippen molar-refractivity contribution in [1.29, 1.82) is 0 Å². The van der Waals surface area contributed by atoms with Gasteiger partial charge in [-0.25, -0.2) is 4.98 Å². The van der Waals surface area contributed by atoms with Gasteiger partial charge in [-0.1, -0.05) is 37.3 Å². The number of H-pyrrole nitrogens is 1. The van der Waals surface area contributed by atoms with Crippen LogP contribution in [0, 0.1) is 5.92 Å². The lowest BCUT2D eigenvalue weighted by atomic mass is 9.94. The van der Waals surface area contributed by atoms with Gasteiger partial charge in [0.15, 0.2) is 0 Å². The van der Waals surface area contributed by atoms with Crippen LogP contribution < -0.4 is 5.73 Å². The Morgan fingerprint density at radius 2 is 2.10 bits per heavy atom. The second kappa shape index (κ2) is 6.34. The Morgan fingerprint density at radius 1 is 1.40 bits per heavy atom. The van der Waals surface area contributed by atoms with Gasteiger partial charge in [-0.2, -0.15) is 0 Å². The third kappa shape index (κ3) is 3.24. The maximum Gasteiger partial charge on any atom is 0.227 e. The summed E-state index contributed by atoms with van der Waals surface area (Å²) >= 11 is 0. The van der Waals surface area contributed by atoms with Gasteiger partial charge in [-0.3, -0.25) is 4.79 Å². The highest BCUT2D eigenvalue weighted by atomic mass is 16.2. The van der Waals surface area contributed by atoms with Crippen LogP contribution in [0.1, 0.15) is 24.4 Å². The second-order valence-corrected chi connectivity index (χ2v) is 4.96. The number of hydrogen-bond acceptors (Lipinski definition) is 3. The van der Waals surface area contributed by atoms with E-state index in [0.29, 0.717) is 6.54 Å². The lowest BCUT2D eigenvalue weighted by molar-refractivity contribution is -0.135. The number of nitrogens with two attached hydrogens (primary N) is 1. The van der Waals surface area contributed by atoms with E-state index >= 15 is 0 Å². The van der Waals surface area contributed by atoms with Crippen LogP contribution in [0.25, 0.3) is 0 Å². The molecule has 1 aromatic carbocycles. The van der Waals surface area contributed by atoms with Gasteiger partial charge in [-0.15, -0.1) is 0 Å². The van der Waals surface area contributed by atoms with Gasteiger partial charge >= 0.3 is 0 Å². The maximum atomic E-state index is 12.4. The van der Waals surface area contributed by atoms with Crippen molar-refractivity contribution in [1.82, 2.24) is 14.9 Å². The van der Waals surface area contributed by atoms with Crippen LogP contribution in [0.4, 0.5) is 0 Å². The fourth-order valence-corrected chi connectivity index (χ4v) is 2.15. The van der Waals surface area contributed by atoms with Crippen molar-refractivity contribution in [3.8, 4) is 0 Å². The highest BCUT2D eigenvalue weighted by Crippen LogP contribution is 2.21. The first-order valence-electron chi connectivity index (χ1n) is 6.63. The number of imidazole rings is 1. The van der Waals surface area contributed by atoms with Crippen LogP contribution in [-0.2, 0) is 11.3 Å². The SMILES string of the molecule is CC(C(=O)N(C)Cc1ncc[nH]1)C(N)c1ccccc1. The minimum absolute atomic E-state index is 0.0118. The first-order valence-corrected chi connectivity index (χ1v) is 6.63. The monoisotopic (exact) mass is 272 g/mol. The molecule has 0 radical (unpaired) electrons. The van der Waals surface area contributed by atoms with Crippen LogP contribution in [-0.4, -0.2) is 27.8 Å². The molecule has 0 aliphatic carbocycles. The van der Waals surface area contributed by atoms with Crippen molar-refractivity contribution in [3.05, 3.63) is 54.1 Å². The summed E-state index contributed by atoms with van der Waals surface area (Å²) in [5, 5.41) is 0. The lowest BCUT2D eigenvalue weighted by Gasteiger charge is -2.25. The highest BCUT2D eigenvalue weighted by molar-refractivity contribution is 5.79. The average molecular weight is 272 g/mol. The van der Waals surface area contributed by atoms with Crippen molar-refractivity contribution in [2.75, 3.05) is 7.05 Å². The molecule has 3 N–H and O–H groups in total. The Balaban J connectivity index is 2.01. The molecule has 1 amide bonds. The van der Waals surface area contributed by atoms with E-state index in [2.05, 4.69) is 9.97 Å². The van der Waals surface area contributed by atoms with Crippen LogP contribution in [0.3, 0.4) is 0 Å². The number of nitrogens with zero attached hydrogens (tertiary/aromatic N) is 2. The van der Waals surface area contributed by atoms with E-state index in [4.69, 9.17) is 5.73 Å². The third-order valence-corrected chi connectivity index (χ3v) is 3.43. The number of carbonyl (C=O) groups excluding carboxylic acids is 1. The van der Waals surface area contributed by atoms with E-state index in [1.54, 1.807) is 24.3 Å². The molecule has 1 aromatic heterocycles. The molecule has 2 aromatic rings. The summed E-state index contributed by atoms with van der Waals surface area (Å²) in [5.74, 6) is 0.497. The predicted molar refractivity (Wildman–Crippen MR) is 77.6 cm³/mol. The summed E-state index contributed by atoms with van der Waals surface area (Å²) in [7, 11) is 1.76. The Labute approximate surface area is 118 Å². The smallest absolute Gasteiger partial charge is 0.227 e. The summed E-state index contributed by atoms with van der Waals surface area (Å²) < 4.78 is 0. The van der Waals surface area contributed by atoms with Gasteiger partial charge in [0.25, 0.3) is 0 Å². The van der Waals surface area contributed by atoms with E-state index in [1.165, 1.54) is 0 Å². The number of aromatic nitrogens is 2. The zero-order valence-corrected chi connectivity index (χ0v) is 11.8. The number of benzene rings is 1. The van der Waals surface area contributed by atoms with Gasteiger partial charge in [-0.05, 0) is 5.56 Å². The van der Waals surface area contributed by atoms with E-state index < -0.39 is 0 Å². The highest BCUT2D eigenvalue weighted by Gasteiger charge is 2.25. The largest absolute Gasteiger partial charge is 0.347 e. The van der Waals surface area contributed by atoms with Gasteiger partial charge in [0.2, 0.25) is 5.91 Å². The van der Waals surface area contributed by atoms with E-state index in [-0.39, 0.29) is 17.9 Å². The predicted octanol–water partition coefficient (Wildman–Crippen LogP) is 1.70. The number of amides is 1. The fourth-order valence-electron chi connectivity index (χ4n) is 2.15. The molecular formula is C15H20N4O. The molecule has 0 saturated carbocycles. The summed E-state index contributed by atoms with van der Waals surface area (Å²) in [6.07, 6.45) is 3.42. The Bertz CT molecular complexity index is 538. The standard InChI is InChI=1S/C15H20N4O/c1-11(14(16)12-6-4-3-5-7-12)15(20)19(2)10-13-17-8-9-18-13/h3-9,11,14H,10,16H2,1-2H3,(H,17,18). The quantitative estimate of drug-likeness (QED) is 0.870.